The Bertz CT molecular complexity index is 3800. The number of azo groups is 3. The summed E-state index contributed by atoms with van der Waals surface area (Å²) in [5.41, 5.74) is 3.90. The van der Waals surface area contributed by atoms with Crippen LogP contribution in [-0.2, 0) is 72.3 Å². The second kappa shape index (κ2) is 23.3. The van der Waals surface area contributed by atoms with Crippen LogP contribution in [0.3, 0.4) is 0 Å². The van der Waals surface area contributed by atoms with Crippen LogP contribution < -0.4 is 0 Å². The Morgan fingerprint density at radius 3 is 2.12 bits per heavy atom. The van der Waals surface area contributed by atoms with Crippen LogP contribution in [0.5, 0.6) is 5.75 Å². The number of rotatable bonds is 16. The van der Waals surface area contributed by atoms with E-state index in [1.165, 1.54) is 30.1 Å². The summed E-state index contributed by atoms with van der Waals surface area (Å²) >= 11 is 5.65. The average Bonchev–Trinajstić information content (AvgIpc) is 3.78. The Labute approximate surface area is 444 Å². The SMILES string of the molecule is C=C(OC)C(C/C(C)=C(\CC)N=Nc1cc(C)c(N=NC2=C(C(=O)O)CC(S(=O)(=O)O)C=C2)cc1C)N=Nc1c([S-])cc2cc(-n3nc4ccc5c(S(=O)(=O)O)cc(S(=O)(=O)O)cc5c4n3)ccc2c1O.CC.[Os+]. The summed E-state index contributed by atoms with van der Waals surface area (Å²) in [6.45, 7) is 15.3. The maximum Gasteiger partial charge on any atom is 1.00 e. The number of phenolic OH excluding ortho intramolecular Hbond substituents is 1. The normalized spacial score (nSPS) is 15.2. The third-order valence-corrected chi connectivity index (χ3v) is 14.5. The number of aryl methyl sites for hydroxylation is 2. The van der Waals surface area contributed by atoms with Gasteiger partial charge in [0.15, 0.2) is 0 Å². The van der Waals surface area contributed by atoms with Crippen LogP contribution in [0.4, 0.5) is 17.1 Å². The van der Waals surface area contributed by atoms with Crippen LogP contribution in [-0.4, -0.2) is 88.5 Å². The predicted molar refractivity (Wildman–Crippen MR) is 273 cm³/mol. The topological polar surface area (TPSA) is 335 Å². The summed E-state index contributed by atoms with van der Waals surface area (Å²) in [7, 11) is -12.9. The first-order valence-electron chi connectivity index (χ1n) is 21.9. The number of aliphatic carboxylic acids is 1. The summed E-state index contributed by atoms with van der Waals surface area (Å²) in [6, 6.07) is 13.4. The van der Waals surface area contributed by atoms with Crippen LogP contribution in [0.15, 0.2) is 153 Å². The molecule has 7 rings (SSSR count). The van der Waals surface area contributed by atoms with Gasteiger partial charge in [-0.3, -0.25) is 13.7 Å². The second-order valence-corrected chi connectivity index (χ2v) is 21.1. The molecule has 22 nitrogen and oxygen atoms in total. The van der Waals surface area contributed by atoms with E-state index in [0.29, 0.717) is 57.1 Å². The molecule has 5 N–H and O–H groups in total. The van der Waals surface area contributed by atoms with E-state index in [9.17, 15) is 53.9 Å². The number of aromatic hydroxyl groups is 1. The van der Waals surface area contributed by atoms with Gasteiger partial charge in [0, 0.05) is 29.0 Å². The first-order chi connectivity index (χ1) is 34.3. The van der Waals surface area contributed by atoms with Crippen LogP contribution in [0.2, 0.25) is 0 Å². The van der Waals surface area contributed by atoms with E-state index in [1.54, 1.807) is 50.2 Å². The van der Waals surface area contributed by atoms with Crippen molar-refractivity contribution in [2.75, 3.05) is 7.11 Å². The average molecular weight is 1270 g/mol. The van der Waals surface area contributed by atoms with Crippen molar-refractivity contribution in [2.24, 2.45) is 30.7 Å². The fraction of sp³-hybridized carbons (Fsp3) is 0.255. The number of allylic oxidation sites excluding steroid dienone is 2. The quantitative estimate of drug-likeness (QED) is 0.0260. The van der Waals surface area contributed by atoms with Crippen molar-refractivity contribution in [3.63, 3.8) is 0 Å². The van der Waals surface area contributed by atoms with Crippen LogP contribution in [0.25, 0.3) is 38.3 Å². The van der Waals surface area contributed by atoms with Gasteiger partial charge < -0.3 is 27.6 Å². The zero-order valence-corrected chi connectivity index (χ0v) is 46.2. The van der Waals surface area contributed by atoms with E-state index >= 15 is 0 Å². The maximum absolute atomic E-state index is 12.2. The Hall–Kier alpha value is -6.56. The number of benzene rings is 5. The van der Waals surface area contributed by atoms with Crippen molar-refractivity contribution >= 4 is 98.6 Å². The number of ether oxygens (including phenoxy) is 1. The van der Waals surface area contributed by atoms with Crippen molar-refractivity contribution < 1.29 is 78.4 Å². The number of hydrogen-bond donors (Lipinski definition) is 5. The fourth-order valence-electron chi connectivity index (χ4n) is 7.53. The van der Waals surface area contributed by atoms with Gasteiger partial charge in [0.1, 0.15) is 44.4 Å². The number of carboxylic acid groups (broad SMARTS) is 1. The number of carbonyl (C=O) groups is 1. The number of nitrogens with zero attached hydrogens (tertiary/aromatic N) is 9. The number of hydrogen-bond acceptors (Lipinski definition) is 18. The number of carboxylic acids is 1. The Morgan fingerprint density at radius 1 is 0.878 bits per heavy atom. The Balaban J connectivity index is 0.00000334. The van der Waals surface area contributed by atoms with Gasteiger partial charge in [-0.05, 0) is 104 Å². The first kappa shape index (κ1) is 58.3. The number of phenols is 1. The molecule has 1 aromatic heterocycles. The molecule has 0 aliphatic heterocycles. The number of aromatic nitrogens is 3. The van der Waals surface area contributed by atoms with Gasteiger partial charge in [0.05, 0.1) is 46.0 Å². The molecule has 2 unspecified atom stereocenters. The maximum atomic E-state index is 12.2. The third-order valence-electron chi connectivity index (χ3n) is 11.4. The summed E-state index contributed by atoms with van der Waals surface area (Å²) in [5.74, 6) is -1.41. The van der Waals surface area contributed by atoms with Crippen molar-refractivity contribution in [3.8, 4) is 11.4 Å². The Morgan fingerprint density at radius 2 is 1.53 bits per heavy atom. The summed E-state index contributed by atoms with van der Waals surface area (Å²) < 4.78 is 106. The van der Waals surface area contributed by atoms with Crippen molar-refractivity contribution in [1.82, 2.24) is 15.0 Å². The second-order valence-electron chi connectivity index (χ2n) is 16.2. The molecule has 1 radical (unpaired) electrons. The zero-order chi connectivity index (χ0) is 53.9. The van der Waals surface area contributed by atoms with Gasteiger partial charge in [-0.15, -0.1) is 15.1 Å². The minimum absolute atomic E-state index is 0. The number of methoxy groups -OCH3 is 1. The first-order valence-corrected chi connectivity index (χ1v) is 26.7. The van der Waals surface area contributed by atoms with E-state index in [1.807, 2.05) is 27.7 Å². The van der Waals surface area contributed by atoms with Gasteiger partial charge in [-0.25, -0.2) is 4.79 Å². The molecule has 1 aliphatic rings. The monoisotopic (exact) mass is 1270 g/mol. The van der Waals surface area contributed by atoms with E-state index in [4.69, 9.17) is 17.4 Å². The molecule has 2 atom stereocenters. The molecule has 5 aromatic carbocycles. The molecule has 1 heterocycles. The third kappa shape index (κ3) is 12.8. The van der Waals surface area contributed by atoms with Crippen LogP contribution >= 0.6 is 0 Å². The molecule has 1 aliphatic carbocycles. The number of fused-ring (bicyclic) bond motifs is 4. The molecule has 0 bridgehead atoms. The molecule has 391 valence electrons. The molecule has 0 saturated heterocycles. The molecule has 0 amide bonds. The van der Waals surface area contributed by atoms with Crippen LogP contribution in [0.1, 0.15) is 58.1 Å². The molecular formula is C47H48N9O13OsS4. The molecule has 0 fully saturated rings. The van der Waals surface area contributed by atoms with Gasteiger partial charge in [0.2, 0.25) is 0 Å². The molecule has 0 saturated carbocycles. The minimum atomic E-state index is -4.94. The van der Waals surface area contributed by atoms with Gasteiger partial charge in [-0.2, -0.15) is 60.7 Å². The molecule has 74 heavy (non-hydrogen) atoms. The molecular weight excluding hydrogens is 1220 g/mol. The minimum Gasteiger partial charge on any atom is -0.777 e. The van der Waals surface area contributed by atoms with Crippen molar-refractivity contribution in [2.45, 2.75) is 86.8 Å². The van der Waals surface area contributed by atoms with Gasteiger partial charge in [-0.1, -0.05) is 45.6 Å². The van der Waals surface area contributed by atoms with E-state index in [2.05, 4.69) is 47.5 Å². The summed E-state index contributed by atoms with van der Waals surface area (Å²) in [6.07, 6.45) is 2.59. The zero-order valence-electron chi connectivity index (χ0n) is 40.4. The molecule has 27 heteroatoms. The Kier molecular flexibility index (Phi) is 18.4. The van der Waals surface area contributed by atoms with Crippen molar-refractivity contribution in [3.05, 3.63) is 119 Å². The largest absolute Gasteiger partial charge is 1.00 e. The molecule has 0 spiro atoms. The van der Waals surface area contributed by atoms with Gasteiger partial charge >= 0.3 is 25.8 Å². The fourth-order valence-corrected chi connectivity index (χ4v) is 9.79. The predicted octanol–water partition coefficient (Wildman–Crippen LogP) is 10.6. The summed E-state index contributed by atoms with van der Waals surface area (Å²) in [5, 5.41) is 55.5. The van der Waals surface area contributed by atoms with Crippen molar-refractivity contribution in [1.29, 1.82) is 0 Å². The van der Waals surface area contributed by atoms with E-state index in [-0.39, 0.29) is 81.4 Å². The summed E-state index contributed by atoms with van der Waals surface area (Å²) in [4.78, 5) is 11.6. The van der Waals surface area contributed by atoms with E-state index < -0.39 is 63.8 Å². The molecule has 6 aromatic rings. The van der Waals surface area contributed by atoms with Crippen LogP contribution in [0, 0.1) is 13.8 Å². The van der Waals surface area contributed by atoms with E-state index in [0.717, 1.165) is 17.7 Å². The van der Waals surface area contributed by atoms with Gasteiger partial charge in [0.25, 0.3) is 30.4 Å². The smallest absolute Gasteiger partial charge is 0.777 e. The standard InChI is InChI=1S/C45H43N9O13S4.C2H6.Os/c1-7-34(46-48-37-14-24(4)38(15-23(37)3)49-47-35-12-9-28(69(58,59)60)19-33(35)45(56)57)22(2)16-39(25(5)67-6)50-51-43-40(68)18-26-17-27(8-10-30(26)44(43)55)54-52-36-13-11-31-32(42(36)53-54)20-29(70(61,62)63)21-41(31)71(64,65)66;1-2;/h8-15,17-18,20-21,28,39,55,68H,5,7,16,19H2,1-4,6H3,(H,56,57)(H,58,59,60)(H,61,62,63)(H,64,65,66);1-2H3;/q;;+1/p-1/b34-22+,48-46?,49-47?,51-50?;;.